The van der Waals surface area contributed by atoms with Gasteiger partial charge in [0.1, 0.15) is 0 Å². The summed E-state index contributed by atoms with van der Waals surface area (Å²) < 4.78 is 0. The predicted molar refractivity (Wildman–Crippen MR) is 60.7 cm³/mol. The fourth-order valence-corrected chi connectivity index (χ4v) is 1.80. The first-order chi connectivity index (χ1) is 6.70. The van der Waals surface area contributed by atoms with Crippen molar-refractivity contribution in [1.82, 2.24) is 5.43 Å². The van der Waals surface area contributed by atoms with Gasteiger partial charge in [-0.1, -0.05) is 45.0 Å². The van der Waals surface area contributed by atoms with Crippen LogP contribution in [-0.2, 0) is 6.42 Å². The van der Waals surface area contributed by atoms with Crippen LogP contribution in [0.3, 0.4) is 0 Å². The summed E-state index contributed by atoms with van der Waals surface area (Å²) in [5.41, 5.74) is 5.60. The zero-order chi connectivity index (χ0) is 10.6. The third kappa shape index (κ3) is 2.34. The van der Waals surface area contributed by atoms with E-state index >= 15 is 0 Å². The van der Waals surface area contributed by atoms with Crippen LogP contribution in [0.4, 0.5) is 0 Å². The summed E-state index contributed by atoms with van der Waals surface area (Å²) in [5.74, 6) is 6.09. The predicted octanol–water partition coefficient (Wildman–Crippen LogP) is 2.41. The summed E-state index contributed by atoms with van der Waals surface area (Å²) in [7, 11) is 0. The van der Waals surface area contributed by atoms with E-state index in [0.29, 0.717) is 5.92 Å². The minimum atomic E-state index is 0.256. The van der Waals surface area contributed by atoms with Gasteiger partial charge in [0.25, 0.3) is 0 Å². The fourth-order valence-electron chi connectivity index (χ4n) is 1.80. The summed E-state index contributed by atoms with van der Waals surface area (Å²) in [4.78, 5) is 0. The maximum absolute atomic E-state index is 5.58. The van der Waals surface area contributed by atoms with Crippen LogP contribution in [0.1, 0.15) is 37.9 Å². The molecular formula is C12H20N2. The topological polar surface area (TPSA) is 38.0 Å². The van der Waals surface area contributed by atoms with Crippen molar-refractivity contribution in [2.45, 2.75) is 33.2 Å². The molecule has 0 aliphatic carbocycles. The lowest BCUT2D eigenvalue weighted by atomic mass is 9.92. The van der Waals surface area contributed by atoms with Gasteiger partial charge < -0.3 is 0 Å². The summed E-state index contributed by atoms with van der Waals surface area (Å²) in [6, 6.07) is 8.73. The van der Waals surface area contributed by atoms with Gasteiger partial charge >= 0.3 is 0 Å². The second kappa shape index (κ2) is 5.13. The van der Waals surface area contributed by atoms with Crippen molar-refractivity contribution < 1.29 is 0 Å². The third-order valence-electron chi connectivity index (χ3n) is 2.62. The Morgan fingerprint density at radius 3 is 2.43 bits per heavy atom. The molecule has 0 aliphatic rings. The Kier molecular flexibility index (Phi) is 4.11. The van der Waals surface area contributed by atoms with E-state index in [2.05, 4.69) is 50.5 Å². The van der Waals surface area contributed by atoms with Crippen molar-refractivity contribution in [2.24, 2.45) is 11.8 Å². The van der Waals surface area contributed by atoms with Crippen LogP contribution < -0.4 is 11.3 Å². The second-order valence-electron chi connectivity index (χ2n) is 3.94. The maximum atomic E-state index is 5.58. The van der Waals surface area contributed by atoms with Gasteiger partial charge in [0, 0.05) is 6.04 Å². The van der Waals surface area contributed by atoms with Gasteiger partial charge in [0.05, 0.1) is 0 Å². The van der Waals surface area contributed by atoms with Gasteiger partial charge in [-0.05, 0) is 23.5 Å². The number of hydrogen-bond donors (Lipinski definition) is 2. The van der Waals surface area contributed by atoms with Crippen molar-refractivity contribution in [1.29, 1.82) is 0 Å². The quantitative estimate of drug-likeness (QED) is 0.568. The molecule has 1 unspecified atom stereocenters. The second-order valence-corrected chi connectivity index (χ2v) is 3.94. The lowest BCUT2D eigenvalue weighted by Crippen LogP contribution is -2.32. The van der Waals surface area contributed by atoms with Crippen molar-refractivity contribution in [3.63, 3.8) is 0 Å². The molecule has 0 aliphatic heterocycles. The van der Waals surface area contributed by atoms with E-state index in [1.54, 1.807) is 0 Å². The van der Waals surface area contributed by atoms with Gasteiger partial charge in [-0.25, -0.2) is 0 Å². The van der Waals surface area contributed by atoms with Crippen LogP contribution in [0.25, 0.3) is 0 Å². The molecule has 0 amide bonds. The number of hydrazine groups is 1. The SMILES string of the molecule is CCc1ccccc1C(NN)C(C)C. The van der Waals surface area contributed by atoms with Gasteiger partial charge in [-0.3, -0.25) is 11.3 Å². The van der Waals surface area contributed by atoms with E-state index in [-0.39, 0.29) is 6.04 Å². The Morgan fingerprint density at radius 1 is 1.29 bits per heavy atom. The molecule has 14 heavy (non-hydrogen) atoms. The Hall–Kier alpha value is -0.860. The molecule has 0 heterocycles. The molecule has 0 spiro atoms. The number of hydrogen-bond acceptors (Lipinski definition) is 2. The molecule has 2 nitrogen and oxygen atoms in total. The molecule has 0 radical (unpaired) electrons. The Balaban J connectivity index is 3.02. The smallest absolute Gasteiger partial charge is 0.0485 e. The van der Waals surface area contributed by atoms with Gasteiger partial charge in [-0.15, -0.1) is 0 Å². The van der Waals surface area contributed by atoms with Crippen LogP contribution in [0.2, 0.25) is 0 Å². The summed E-state index contributed by atoms with van der Waals surface area (Å²) in [6.07, 6.45) is 1.06. The molecule has 0 bridgehead atoms. The molecule has 1 aromatic rings. The first-order valence-electron chi connectivity index (χ1n) is 5.24. The Bertz CT molecular complexity index is 281. The maximum Gasteiger partial charge on any atom is 0.0485 e. The highest BCUT2D eigenvalue weighted by atomic mass is 15.2. The first-order valence-corrected chi connectivity index (χ1v) is 5.24. The van der Waals surface area contributed by atoms with Crippen molar-refractivity contribution in [3.05, 3.63) is 35.4 Å². The van der Waals surface area contributed by atoms with Gasteiger partial charge in [0.15, 0.2) is 0 Å². The highest BCUT2D eigenvalue weighted by Crippen LogP contribution is 2.24. The molecular weight excluding hydrogens is 172 g/mol. The summed E-state index contributed by atoms with van der Waals surface area (Å²) >= 11 is 0. The molecule has 1 rings (SSSR count). The van der Waals surface area contributed by atoms with E-state index in [1.807, 2.05) is 0 Å². The fraction of sp³-hybridized carbons (Fsp3) is 0.500. The minimum Gasteiger partial charge on any atom is -0.271 e. The summed E-state index contributed by atoms with van der Waals surface area (Å²) in [5, 5.41) is 0. The highest BCUT2D eigenvalue weighted by molar-refractivity contribution is 5.30. The van der Waals surface area contributed by atoms with E-state index in [0.717, 1.165) is 6.42 Å². The molecule has 0 aromatic heterocycles. The van der Waals surface area contributed by atoms with Crippen molar-refractivity contribution in [2.75, 3.05) is 0 Å². The van der Waals surface area contributed by atoms with Crippen LogP contribution in [0, 0.1) is 5.92 Å². The number of nitrogens with one attached hydrogen (secondary N) is 1. The Labute approximate surface area is 86.5 Å². The van der Waals surface area contributed by atoms with Crippen molar-refractivity contribution in [3.8, 4) is 0 Å². The Morgan fingerprint density at radius 2 is 1.93 bits per heavy atom. The standard InChI is InChI=1S/C12H20N2/c1-4-10-7-5-6-8-11(10)12(14-13)9(2)3/h5-9,12,14H,4,13H2,1-3H3. The van der Waals surface area contributed by atoms with E-state index in [1.165, 1.54) is 11.1 Å². The number of nitrogens with two attached hydrogens (primary N) is 1. The lowest BCUT2D eigenvalue weighted by Gasteiger charge is -2.22. The monoisotopic (exact) mass is 192 g/mol. The number of benzene rings is 1. The molecule has 78 valence electrons. The van der Waals surface area contributed by atoms with E-state index in [9.17, 15) is 0 Å². The molecule has 0 saturated carbocycles. The molecule has 3 N–H and O–H groups in total. The van der Waals surface area contributed by atoms with Crippen LogP contribution >= 0.6 is 0 Å². The average molecular weight is 192 g/mol. The normalized spacial score (nSPS) is 13.2. The molecule has 2 heteroatoms. The average Bonchev–Trinajstić information content (AvgIpc) is 2.19. The number of rotatable bonds is 4. The summed E-state index contributed by atoms with van der Waals surface area (Å²) in [6.45, 7) is 6.53. The van der Waals surface area contributed by atoms with E-state index < -0.39 is 0 Å². The van der Waals surface area contributed by atoms with E-state index in [4.69, 9.17) is 5.84 Å². The van der Waals surface area contributed by atoms with Gasteiger partial charge in [-0.2, -0.15) is 0 Å². The number of aryl methyl sites for hydroxylation is 1. The lowest BCUT2D eigenvalue weighted by molar-refractivity contribution is 0.419. The zero-order valence-electron chi connectivity index (χ0n) is 9.25. The van der Waals surface area contributed by atoms with Crippen molar-refractivity contribution >= 4 is 0 Å². The van der Waals surface area contributed by atoms with Crippen LogP contribution in [0.15, 0.2) is 24.3 Å². The first kappa shape index (κ1) is 11.2. The molecule has 1 atom stereocenters. The minimum absolute atomic E-state index is 0.256. The van der Waals surface area contributed by atoms with Crippen LogP contribution in [-0.4, -0.2) is 0 Å². The van der Waals surface area contributed by atoms with Crippen LogP contribution in [0.5, 0.6) is 0 Å². The highest BCUT2D eigenvalue weighted by Gasteiger charge is 2.15. The largest absolute Gasteiger partial charge is 0.271 e. The third-order valence-corrected chi connectivity index (χ3v) is 2.62. The van der Waals surface area contributed by atoms with Gasteiger partial charge in [0.2, 0.25) is 0 Å². The molecule has 1 aromatic carbocycles. The molecule has 0 fully saturated rings. The zero-order valence-corrected chi connectivity index (χ0v) is 9.25. The molecule has 0 saturated heterocycles.